The number of para-hydroxylation sites is 2. The van der Waals surface area contributed by atoms with Crippen LogP contribution in [0.5, 0.6) is 11.5 Å². The standard InChI is InChI=1S/C29H32N2O5/c1-28(2,3)36-27(33)31-29(4,19-32)17-16-20-10-9-15-24-25(20)30-26(35-24)21-11-8-14-23(18-21)34-22-12-6-5-7-13-22/h5-15,18,32H,16-17,19H2,1-4H3,(H,31,33)/t29-/m1/s1. The van der Waals surface area contributed by atoms with Gasteiger partial charge in [-0.3, -0.25) is 0 Å². The van der Waals surface area contributed by atoms with Gasteiger partial charge in [-0.25, -0.2) is 9.78 Å². The number of aliphatic hydroxyl groups is 1. The zero-order valence-corrected chi connectivity index (χ0v) is 21.1. The monoisotopic (exact) mass is 488 g/mol. The lowest BCUT2D eigenvalue weighted by atomic mass is 9.93. The molecule has 0 fully saturated rings. The SMILES string of the molecule is CC(C)(C)OC(=O)N[C@@](C)(CO)CCc1cccc2oc(-c3cccc(Oc4ccccc4)c3)nc12. The highest BCUT2D eigenvalue weighted by Gasteiger charge is 2.28. The molecule has 0 aliphatic rings. The number of carbonyl (C=O) groups is 1. The van der Waals surface area contributed by atoms with E-state index in [2.05, 4.69) is 5.32 Å². The number of carbonyl (C=O) groups excluding carboxylic acids is 1. The number of aliphatic hydroxyl groups excluding tert-OH is 1. The first-order valence-corrected chi connectivity index (χ1v) is 12.0. The molecule has 0 bridgehead atoms. The van der Waals surface area contributed by atoms with Crippen LogP contribution in [-0.4, -0.2) is 33.9 Å². The smallest absolute Gasteiger partial charge is 0.408 e. The van der Waals surface area contributed by atoms with Gasteiger partial charge in [0, 0.05) is 5.56 Å². The van der Waals surface area contributed by atoms with Crippen molar-refractivity contribution in [1.82, 2.24) is 10.3 Å². The number of alkyl carbamates (subject to hydrolysis) is 1. The van der Waals surface area contributed by atoms with Crippen LogP contribution in [0.2, 0.25) is 0 Å². The molecule has 0 saturated heterocycles. The van der Waals surface area contributed by atoms with Crippen LogP contribution >= 0.6 is 0 Å². The largest absolute Gasteiger partial charge is 0.457 e. The number of oxazole rings is 1. The van der Waals surface area contributed by atoms with Crippen molar-refractivity contribution in [3.8, 4) is 23.0 Å². The number of benzene rings is 3. The third-order valence-electron chi connectivity index (χ3n) is 5.66. The minimum Gasteiger partial charge on any atom is -0.457 e. The fourth-order valence-corrected chi connectivity index (χ4v) is 3.79. The summed E-state index contributed by atoms with van der Waals surface area (Å²) in [5.74, 6) is 1.93. The molecule has 2 N–H and O–H groups in total. The maximum Gasteiger partial charge on any atom is 0.408 e. The molecule has 4 aromatic rings. The first-order valence-electron chi connectivity index (χ1n) is 12.0. The highest BCUT2D eigenvalue weighted by atomic mass is 16.6. The molecule has 0 aliphatic carbocycles. The molecule has 1 atom stereocenters. The Morgan fingerprint density at radius 3 is 2.42 bits per heavy atom. The van der Waals surface area contributed by atoms with Gasteiger partial charge in [0.05, 0.1) is 12.1 Å². The predicted molar refractivity (Wildman–Crippen MR) is 139 cm³/mol. The summed E-state index contributed by atoms with van der Waals surface area (Å²) in [7, 11) is 0. The normalized spacial score (nSPS) is 13.2. The molecule has 0 saturated carbocycles. The van der Waals surface area contributed by atoms with Gasteiger partial charge in [0.1, 0.15) is 22.6 Å². The topological polar surface area (TPSA) is 93.8 Å². The summed E-state index contributed by atoms with van der Waals surface area (Å²) in [5.41, 5.74) is 1.72. The van der Waals surface area contributed by atoms with E-state index in [0.29, 0.717) is 30.1 Å². The number of aromatic nitrogens is 1. The van der Waals surface area contributed by atoms with E-state index < -0.39 is 17.2 Å². The zero-order valence-electron chi connectivity index (χ0n) is 21.1. The minimum atomic E-state index is -0.847. The number of nitrogens with one attached hydrogen (secondary N) is 1. The number of rotatable bonds is 8. The average Bonchev–Trinajstić information content (AvgIpc) is 3.27. The zero-order chi connectivity index (χ0) is 25.8. The molecule has 1 amide bonds. The summed E-state index contributed by atoms with van der Waals surface area (Å²) < 4.78 is 17.4. The number of hydrogen-bond donors (Lipinski definition) is 2. The highest BCUT2D eigenvalue weighted by molar-refractivity contribution is 5.79. The van der Waals surface area contributed by atoms with E-state index >= 15 is 0 Å². The van der Waals surface area contributed by atoms with Crippen LogP contribution in [0.15, 0.2) is 77.2 Å². The Bertz CT molecular complexity index is 1330. The number of amides is 1. The van der Waals surface area contributed by atoms with Gasteiger partial charge in [0.15, 0.2) is 5.58 Å². The van der Waals surface area contributed by atoms with Crippen LogP contribution in [0.1, 0.15) is 39.7 Å². The van der Waals surface area contributed by atoms with Gasteiger partial charge in [0.2, 0.25) is 5.89 Å². The Balaban J connectivity index is 1.52. The molecule has 1 heterocycles. The number of aryl methyl sites for hydroxylation is 1. The Morgan fingerprint density at radius 1 is 0.972 bits per heavy atom. The molecule has 7 heteroatoms. The van der Waals surface area contributed by atoms with Crippen LogP contribution in [-0.2, 0) is 11.2 Å². The first-order chi connectivity index (χ1) is 17.1. The van der Waals surface area contributed by atoms with E-state index in [1.54, 1.807) is 27.7 Å². The number of fused-ring (bicyclic) bond motifs is 1. The number of hydrogen-bond acceptors (Lipinski definition) is 6. The summed E-state index contributed by atoms with van der Waals surface area (Å²) in [6, 6.07) is 23.0. The summed E-state index contributed by atoms with van der Waals surface area (Å²) in [5, 5.41) is 12.8. The average molecular weight is 489 g/mol. The van der Waals surface area contributed by atoms with E-state index in [-0.39, 0.29) is 6.61 Å². The van der Waals surface area contributed by atoms with Crippen LogP contribution in [0.4, 0.5) is 4.79 Å². The van der Waals surface area contributed by atoms with Crippen LogP contribution in [0.3, 0.4) is 0 Å². The van der Waals surface area contributed by atoms with Crippen molar-refractivity contribution in [2.45, 2.75) is 51.7 Å². The third kappa shape index (κ3) is 6.43. The second kappa shape index (κ2) is 10.4. The van der Waals surface area contributed by atoms with Gasteiger partial charge in [-0.05, 0) is 82.5 Å². The van der Waals surface area contributed by atoms with Crippen molar-refractivity contribution in [2.75, 3.05) is 6.61 Å². The summed E-state index contributed by atoms with van der Waals surface area (Å²) >= 11 is 0. The van der Waals surface area contributed by atoms with E-state index in [4.69, 9.17) is 18.9 Å². The molecule has 7 nitrogen and oxygen atoms in total. The van der Waals surface area contributed by atoms with Crippen molar-refractivity contribution < 1.29 is 23.8 Å². The molecule has 0 spiro atoms. The maximum absolute atomic E-state index is 12.3. The molecule has 4 rings (SSSR count). The molecule has 1 aromatic heterocycles. The van der Waals surface area contributed by atoms with E-state index in [1.807, 2.05) is 72.8 Å². The lowest BCUT2D eigenvalue weighted by Gasteiger charge is -2.30. The maximum atomic E-state index is 12.3. The van der Waals surface area contributed by atoms with Crippen molar-refractivity contribution in [3.63, 3.8) is 0 Å². The quantitative estimate of drug-likeness (QED) is 0.294. The van der Waals surface area contributed by atoms with E-state index in [1.165, 1.54) is 0 Å². The predicted octanol–water partition coefficient (Wildman–Crippen LogP) is 6.50. The van der Waals surface area contributed by atoms with E-state index in [0.717, 1.165) is 22.4 Å². The Labute approximate surface area is 211 Å². The summed E-state index contributed by atoms with van der Waals surface area (Å²) in [6.07, 6.45) is 0.510. The Morgan fingerprint density at radius 2 is 1.69 bits per heavy atom. The molecule has 3 aromatic carbocycles. The lowest BCUT2D eigenvalue weighted by molar-refractivity contribution is 0.0407. The fourth-order valence-electron chi connectivity index (χ4n) is 3.79. The Kier molecular flexibility index (Phi) is 7.31. The van der Waals surface area contributed by atoms with Crippen molar-refractivity contribution in [2.24, 2.45) is 0 Å². The van der Waals surface area contributed by atoms with E-state index in [9.17, 15) is 9.90 Å². The highest BCUT2D eigenvalue weighted by Crippen LogP contribution is 2.31. The van der Waals surface area contributed by atoms with Gasteiger partial charge < -0.3 is 24.3 Å². The first kappa shape index (κ1) is 25.3. The third-order valence-corrected chi connectivity index (χ3v) is 5.66. The minimum absolute atomic E-state index is 0.222. The fraction of sp³-hybridized carbons (Fsp3) is 0.310. The summed E-state index contributed by atoms with van der Waals surface area (Å²) in [4.78, 5) is 17.0. The van der Waals surface area contributed by atoms with Crippen LogP contribution in [0.25, 0.3) is 22.6 Å². The lowest BCUT2D eigenvalue weighted by Crippen LogP contribution is -2.50. The van der Waals surface area contributed by atoms with Gasteiger partial charge >= 0.3 is 6.09 Å². The number of nitrogens with zero attached hydrogens (tertiary/aromatic N) is 1. The van der Waals surface area contributed by atoms with Crippen LogP contribution < -0.4 is 10.1 Å². The van der Waals surface area contributed by atoms with Crippen molar-refractivity contribution in [1.29, 1.82) is 0 Å². The van der Waals surface area contributed by atoms with Crippen molar-refractivity contribution in [3.05, 3.63) is 78.4 Å². The van der Waals surface area contributed by atoms with Crippen LogP contribution in [0, 0.1) is 0 Å². The van der Waals surface area contributed by atoms with Gasteiger partial charge in [0.25, 0.3) is 0 Å². The second-order valence-corrected chi connectivity index (χ2v) is 10.1. The van der Waals surface area contributed by atoms with Gasteiger partial charge in [-0.2, -0.15) is 0 Å². The van der Waals surface area contributed by atoms with Gasteiger partial charge in [-0.15, -0.1) is 0 Å². The molecule has 188 valence electrons. The van der Waals surface area contributed by atoms with Crippen molar-refractivity contribution >= 4 is 17.2 Å². The number of ether oxygens (including phenoxy) is 2. The van der Waals surface area contributed by atoms with Gasteiger partial charge in [-0.1, -0.05) is 36.4 Å². The molecule has 36 heavy (non-hydrogen) atoms. The molecule has 0 aliphatic heterocycles. The second-order valence-electron chi connectivity index (χ2n) is 10.1. The molecule has 0 unspecified atom stereocenters. The summed E-state index contributed by atoms with van der Waals surface area (Å²) in [6.45, 7) is 6.98. The Hall–Kier alpha value is -3.84. The molecule has 0 radical (unpaired) electrons. The molecular formula is C29H32N2O5. The molecular weight excluding hydrogens is 456 g/mol.